The maximum absolute atomic E-state index is 12.7. The van der Waals surface area contributed by atoms with Crippen molar-refractivity contribution in [2.75, 3.05) is 5.73 Å². The van der Waals surface area contributed by atoms with E-state index in [0.717, 1.165) is 5.56 Å². The smallest absolute Gasteiger partial charge is 0.391 e. The highest BCUT2D eigenvalue weighted by Gasteiger charge is 2.42. The molecule has 1 aliphatic carbocycles. The normalized spacial score (nSPS) is 22.8. The summed E-state index contributed by atoms with van der Waals surface area (Å²) in [5.74, 6) is -1.56. The predicted molar refractivity (Wildman–Crippen MR) is 74.5 cm³/mol. The molecule has 2 unspecified atom stereocenters. The molecule has 0 spiro atoms. The van der Waals surface area contributed by atoms with Crippen LogP contribution in [-0.2, 0) is 11.2 Å². The minimum Gasteiger partial charge on any atom is -0.399 e. The second kappa shape index (κ2) is 6.37. The van der Waals surface area contributed by atoms with Gasteiger partial charge >= 0.3 is 6.18 Å². The number of nitrogens with two attached hydrogens (primary N) is 1. The van der Waals surface area contributed by atoms with Crippen LogP contribution in [0.3, 0.4) is 0 Å². The molecule has 1 fully saturated rings. The number of hydrogen-bond donors (Lipinski definition) is 2. The molecule has 1 aromatic rings. The van der Waals surface area contributed by atoms with E-state index in [4.69, 9.17) is 5.73 Å². The average molecular weight is 300 g/mol. The van der Waals surface area contributed by atoms with Crippen LogP contribution in [-0.4, -0.2) is 18.1 Å². The summed E-state index contributed by atoms with van der Waals surface area (Å²) in [5.41, 5.74) is 6.95. The molecule has 1 aromatic carbocycles. The van der Waals surface area contributed by atoms with Crippen LogP contribution >= 0.6 is 0 Å². The third kappa shape index (κ3) is 4.65. The van der Waals surface area contributed by atoms with Gasteiger partial charge in [0.15, 0.2) is 0 Å². The minimum atomic E-state index is -4.17. The molecule has 0 aliphatic heterocycles. The predicted octanol–water partition coefficient (Wildman–Crippen LogP) is 3.05. The Morgan fingerprint density at radius 3 is 2.76 bits per heavy atom. The van der Waals surface area contributed by atoms with Crippen LogP contribution in [0.4, 0.5) is 18.9 Å². The molecule has 6 heteroatoms. The zero-order chi connectivity index (χ0) is 15.5. The molecule has 1 saturated carbocycles. The van der Waals surface area contributed by atoms with Gasteiger partial charge in [-0.25, -0.2) is 0 Å². The number of rotatable bonds is 3. The first-order chi connectivity index (χ1) is 9.84. The zero-order valence-corrected chi connectivity index (χ0v) is 11.6. The molecule has 116 valence electrons. The van der Waals surface area contributed by atoms with Gasteiger partial charge in [-0.05, 0) is 37.0 Å². The zero-order valence-electron chi connectivity index (χ0n) is 11.6. The molecule has 3 N–H and O–H groups in total. The third-order valence-corrected chi connectivity index (χ3v) is 3.82. The van der Waals surface area contributed by atoms with Crippen LogP contribution in [0.1, 0.15) is 31.2 Å². The van der Waals surface area contributed by atoms with E-state index in [1.165, 1.54) is 0 Å². The summed E-state index contributed by atoms with van der Waals surface area (Å²) < 4.78 is 38.2. The lowest BCUT2D eigenvalue weighted by Crippen LogP contribution is -2.42. The first-order valence-electron chi connectivity index (χ1n) is 7.05. The van der Waals surface area contributed by atoms with E-state index in [9.17, 15) is 18.0 Å². The molecule has 2 atom stereocenters. The van der Waals surface area contributed by atoms with Gasteiger partial charge in [0.25, 0.3) is 0 Å². The molecular formula is C15H19F3N2O. The van der Waals surface area contributed by atoms with Crippen LogP contribution in [0.25, 0.3) is 0 Å². The summed E-state index contributed by atoms with van der Waals surface area (Å²) in [7, 11) is 0. The number of amides is 1. The summed E-state index contributed by atoms with van der Waals surface area (Å²) in [6.07, 6.45) is -2.80. The second-order valence-electron chi connectivity index (χ2n) is 5.59. The second-order valence-corrected chi connectivity index (χ2v) is 5.59. The standard InChI is InChI=1S/C15H19F3N2O/c16-15(17,18)11-4-2-6-13(9-11)20-14(21)8-10-3-1-5-12(19)7-10/h1,3,5,7,11,13H,2,4,6,8-9,19H2,(H,20,21). The number of anilines is 1. The van der Waals surface area contributed by atoms with Crippen molar-refractivity contribution in [3.05, 3.63) is 29.8 Å². The van der Waals surface area contributed by atoms with Crippen molar-refractivity contribution in [3.63, 3.8) is 0 Å². The third-order valence-electron chi connectivity index (χ3n) is 3.82. The number of hydrogen-bond acceptors (Lipinski definition) is 2. The van der Waals surface area contributed by atoms with Crippen LogP contribution in [0.2, 0.25) is 0 Å². The highest BCUT2D eigenvalue weighted by Crippen LogP contribution is 2.37. The Morgan fingerprint density at radius 1 is 1.33 bits per heavy atom. The molecule has 1 aliphatic rings. The van der Waals surface area contributed by atoms with E-state index in [-0.39, 0.29) is 31.2 Å². The summed E-state index contributed by atoms with van der Waals surface area (Å²) in [6, 6.07) is 6.54. The van der Waals surface area contributed by atoms with E-state index in [1.54, 1.807) is 24.3 Å². The van der Waals surface area contributed by atoms with E-state index >= 15 is 0 Å². The number of carbonyl (C=O) groups excluding carboxylic acids is 1. The summed E-state index contributed by atoms with van der Waals surface area (Å²) in [4.78, 5) is 11.9. The van der Waals surface area contributed by atoms with Crippen molar-refractivity contribution in [2.24, 2.45) is 5.92 Å². The number of alkyl halides is 3. The molecule has 3 nitrogen and oxygen atoms in total. The van der Waals surface area contributed by atoms with Crippen molar-refractivity contribution in [1.82, 2.24) is 5.32 Å². The van der Waals surface area contributed by atoms with Gasteiger partial charge in [-0.1, -0.05) is 18.6 Å². The first-order valence-corrected chi connectivity index (χ1v) is 7.05. The summed E-state index contributed by atoms with van der Waals surface area (Å²) >= 11 is 0. The van der Waals surface area contributed by atoms with Gasteiger partial charge in [-0.2, -0.15) is 13.2 Å². The average Bonchev–Trinajstić information content (AvgIpc) is 2.37. The minimum absolute atomic E-state index is 0.0217. The highest BCUT2D eigenvalue weighted by atomic mass is 19.4. The largest absolute Gasteiger partial charge is 0.399 e. The van der Waals surface area contributed by atoms with Gasteiger partial charge in [0.05, 0.1) is 12.3 Å². The Balaban J connectivity index is 1.88. The van der Waals surface area contributed by atoms with Gasteiger partial charge in [0.1, 0.15) is 0 Å². The molecule has 0 saturated heterocycles. The molecular weight excluding hydrogens is 281 g/mol. The van der Waals surface area contributed by atoms with E-state index in [0.29, 0.717) is 18.5 Å². The Hall–Kier alpha value is -1.72. The summed E-state index contributed by atoms with van der Waals surface area (Å²) in [5, 5.41) is 2.71. The van der Waals surface area contributed by atoms with Crippen LogP contribution in [0.15, 0.2) is 24.3 Å². The Kier molecular flexibility index (Phi) is 4.75. The van der Waals surface area contributed by atoms with Crippen molar-refractivity contribution in [1.29, 1.82) is 0 Å². The van der Waals surface area contributed by atoms with Crippen molar-refractivity contribution in [2.45, 2.75) is 44.3 Å². The number of nitrogen functional groups attached to an aromatic ring is 1. The fourth-order valence-corrected chi connectivity index (χ4v) is 2.79. The maximum atomic E-state index is 12.7. The van der Waals surface area contributed by atoms with Crippen molar-refractivity contribution < 1.29 is 18.0 Å². The molecule has 0 bridgehead atoms. The lowest BCUT2D eigenvalue weighted by atomic mass is 9.85. The molecule has 0 radical (unpaired) electrons. The van der Waals surface area contributed by atoms with Crippen LogP contribution in [0, 0.1) is 5.92 Å². The first kappa shape index (κ1) is 15.7. The van der Waals surface area contributed by atoms with Gasteiger partial charge < -0.3 is 11.1 Å². The molecule has 2 rings (SSSR count). The Labute approximate surface area is 121 Å². The fraction of sp³-hybridized carbons (Fsp3) is 0.533. The van der Waals surface area contributed by atoms with Crippen LogP contribution in [0.5, 0.6) is 0 Å². The monoisotopic (exact) mass is 300 g/mol. The van der Waals surface area contributed by atoms with Gasteiger partial charge in [0.2, 0.25) is 5.91 Å². The van der Waals surface area contributed by atoms with E-state index in [1.807, 2.05) is 0 Å². The van der Waals surface area contributed by atoms with Gasteiger partial charge in [-0.3, -0.25) is 4.79 Å². The number of carbonyl (C=O) groups is 1. The molecule has 21 heavy (non-hydrogen) atoms. The lowest BCUT2D eigenvalue weighted by Gasteiger charge is -2.31. The topological polar surface area (TPSA) is 55.1 Å². The van der Waals surface area contributed by atoms with Gasteiger partial charge in [0, 0.05) is 11.7 Å². The Bertz CT molecular complexity index is 502. The highest BCUT2D eigenvalue weighted by molar-refractivity contribution is 5.79. The van der Waals surface area contributed by atoms with E-state index in [2.05, 4.69) is 5.32 Å². The number of nitrogens with one attached hydrogen (secondary N) is 1. The molecule has 0 heterocycles. The SMILES string of the molecule is Nc1cccc(CC(=O)NC2CCCC(C(F)(F)F)C2)c1. The van der Waals surface area contributed by atoms with Gasteiger partial charge in [-0.15, -0.1) is 0 Å². The number of benzene rings is 1. The lowest BCUT2D eigenvalue weighted by molar-refractivity contribution is -0.184. The van der Waals surface area contributed by atoms with Crippen molar-refractivity contribution in [3.8, 4) is 0 Å². The Morgan fingerprint density at radius 2 is 2.10 bits per heavy atom. The maximum Gasteiger partial charge on any atom is 0.391 e. The van der Waals surface area contributed by atoms with Crippen molar-refractivity contribution >= 4 is 11.6 Å². The quantitative estimate of drug-likeness (QED) is 0.843. The number of halogens is 3. The summed E-state index contributed by atoms with van der Waals surface area (Å²) in [6.45, 7) is 0. The van der Waals surface area contributed by atoms with E-state index < -0.39 is 12.1 Å². The molecule has 0 aromatic heterocycles. The van der Waals surface area contributed by atoms with Crippen LogP contribution < -0.4 is 11.1 Å². The fourth-order valence-electron chi connectivity index (χ4n) is 2.79. The molecule has 1 amide bonds.